The molecule has 0 bridgehead atoms. The van der Waals surface area contributed by atoms with Crippen LogP contribution in [0.2, 0.25) is 0 Å². The first-order valence-corrected chi connectivity index (χ1v) is 11.5. The molecule has 0 saturated carbocycles. The number of fused-ring (bicyclic) bond motifs is 5. The molecular weight excluding hydrogens is 393 g/mol. The molecule has 2 saturated heterocycles. The zero-order chi connectivity index (χ0) is 21.4. The van der Waals surface area contributed by atoms with Crippen molar-refractivity contribution in [3.63, 3.8) is 0 Å². The van der Waals surface area contributed by atoms with Crippen molar-refractivity contribution in [2.45, 2.75) is 57.0 Å². The average Bonchev–Trinajstić information content (AvgIpc) is 3.19. The van der Waals surface area contributed by atoms with Crippen LogP contribution in [0.5, 0.6) is 0 Å². The van der Waals surface area contributed by atoms with Crippen LogP contribution in [0.1, 0.15) is 60.5 Å². The Bertz CT molecular complexity index is 886. The van der Waals surface area contributed by atoms with Crippen LogP contribution >= 0.6 is 0 Å². The molecule has 2 aromatic carbocycles. The molecule has 2 aromatic rings. The van der Waals surface area contributed by atoms with Gasteiger partial charge in [-0.3, -0.25) is 9.69 Å². The Morgan fingerprint density at radius 3 is 2.45 bits per heavy atom. The van der Waals surface area contributed by atoms with Crippen LogP contribution in [0.15, 0.2) is 48.5 Å². The fraction of sp³-hybridized carbons (Fsp3) is 0.500. The largest absolute Gasteiger partial charge is 0.466 e. The highest BCUT2D eigenvalue weighted by Crippen LogP contribution is 2.50. The highest BCUT2D eigenvalue weighted by molar-refractivity contribution is 5.72. The van der Waals surface area contributed by atoms with E-state index in [-0.39, 0.29) is 23.9 Å². The molecule has 0 aromatic heterocycles. The second kappa shape index (κ2) is 8.71. The van der Waals surface area contributed by atoms with Gasteiger partial charge in [0.2, 0.25) is 0 Å². The van der Waals surface area contributed by atoms with Gasteiger partial charge in [0, 0.05) is 19.0 Å². The lowest BCUT2D eigenvalue weighted by Crippen LogP contribution is -2.46. The zero-order valence-electron chi connectivity index (χ0n) is 18.0. The molecule has 1 aliphatic carbocycles. The number of alkyl halides is 1. The first-order valence-electron chi connectivity index (χ1n) is 11.5. The summed E-state index contributed by atoms with van der Waals surface area (Å²) >= 11 is 0. The maximum absolute atomic E-state index is 15.6. The summed E-state index contributed by atoms with van der Waals surface area (Å²) < 4.78 is 27.2. The smallest absolute Gasteiger partial charge is 0.309 e. The summed E-state index contributed by atoms with van der Waals surface area (Å²) in [7, 11) is 0. The molecule has 5 heteroatoms. The molecule has 4 atom stereocenters. The van der Waals surface area contributed by atoms with Crippen LogP contribution in [0, 0.1) is 5.92 Å². The van der Waals surface area contributed by atoms with Crippen molar-refractivity contribution in [3.05, 3.63) is 70.8 Å². The van der Waals surface area contributed by atoms with E-state index in [1.54, 1.807) is 0 Å². The van der Waals surface area contributed by atoms with E-state index in [0.29, 0.717) is 39.0 Å². The molecule has 2 aliphatic heterocycles. The quantitative estimate of drug-likeness (QED) is 0.524. The normalized spacial score (nSPS) is 27.0. The van der Waals surface area contributed by atoms with Crippen molar-refractivity contribution in [1.29, 1.82) is 0 Å². The van der Waals surface area contributed by atoms with Crippen molar-refractivity contribution in [3.8, 4) is 0 Å². The number of carbonyl (C=O) groups is 1. The number of benzene rings is 2. The summed E-state index contributed by atoms with van der Waals surface area (Å²) in [5, 5.41) is 0. The molecule has 0 N–H and O–H groups in total. The molecule has 164 valence electrons. The number of carbonyl (C=O) groups excluding carboxylic acids is 1. The minimum Gasteiger partial charge on any atom is -0.466 e. The Morgan fingerprint density at radius 1 is 1.10 bits per heavy atom. The Balaban J connectivity index is 1.34. The topological polar surface area (TPSA) is 38.8 Å². The van der Waals surface area contributed by atoms with Crippen LogP contribution in [0.25, 0.3) is 0 Å². The number of hydrogen-bond acceptors (Lipinski definition) is 4. The van der Waals surface area contributed by atoms with E-state index in [4.69, 9.17) is 9.47 Å². The third kappa shape index (κ3) is 3.90. The van der Waals surface area contributed by atoms with Gasteiger partial charge in [-0.25, -0.2) is 4.39 Å². The van der Waals surface area contributed by atoms with E-state index >= 15 is 4.39 Å². The predicted octanol–water partition coefficient (Wildman–Crippen LogP) is 4.78. The van der Waals surface area contributed by atoms with E-state index in [0.717, 1.165) is 6.42 Å². The maximum atomic E-state index is 15.6. The molecule has 0 amide bonds. The van der Waals surface area contributed by atoms with Gasteiger partial charge in [-0.1, -0.05) is 48.5 Å². The predicted molar refractivity (Wildman–Crippen MR) is 116 cm³/mol. The number of halogens is 1. The number of ether oxygens (including phenoxy) is 2. The Hall–Kier alpha value is -2.24. The molecule has 0 radical (unpaired) electrons. The monoisotopic (exact) mass is 423 g/mol. The van der Waals surface area contributed by atoms with Gasteiger partial charge >= 0.3 is 5.97 Å². The Kier molecular flexibility index (Phi) is 5.81. The van der Waals surface area contributed by atoms with Crippen molar-refractivity contribution in [1.82, 2.24) is 4.90 Å². The van der Waals surface area contributed by atoms with Crippen molar-refractivity contribution >= 4 is 5.97 Å². The number of piperidine rings is 1. The highest BCUT2D eigenvalue weighted by Gasteiger charge is 2.45. The molecule has 31 heavy (non-hydrogen) atoms. The lowest BCUT2D eigenvalue weighted by Gasteiger charge is -2.35. The van der Waals surface area contributed by atoms with Gasteiger partial charge in [0.25, 0.3) is 0 Å². The number of hydrogen-bond donors (Lipinski definition) is 0. The number of nitrogens with zero attached hydrogens (tertiary/aromatic N) is 1. The molecule has 2 heterocycles. The summed E-state index contributed by atoms with van der Waals surface area (Å²) in [6.45, 7) is 3.34. The third-order valence-corrected chi connectivity index (χ3v) is 7.18. The molecule has 4 nitrogen and oxygen atoms in total. The number of esters is 1. The second-order valence-electron chi connectivity index (χ2n) is 8.95. The van der Waals surface area contributed by atoms with Crippen molar-refractivity contribution in [2.75, 3.05) is 19.7 Å². The lowest BCUT2D eigenvalue weighted by molar-refractivity contribution is -0.151. The summed E-state index contributed by atoms with van der Waals surface area (Å²) in [5.74, 6) is -0.0944. The van der Waals surface area contributed by atoms with E-state index < -0.39 is 12.4 Å². The van der Waals surface area contributed by atoms with Crippen molar-refractivity contribution < 1.29 is 18.7 Å². The third-order valence-electron chi connectivity index (χ3n) is 7.18. The van der Waals surface area contributed by atoms with Gasteiger partial charge in [0.1, 0.15) is 6.10 Å². The van der Waals surface area contributed by atoms with Gasteiger partial charge in [-0.05, 0) is 54.9 Å². The van der Waals surface area contributed by atoms with E-state index in [1.165, 1.54) is 22.3 Å². The van der Waals surface area contributed by atoms with Gasteiger partial charge in [-0.15, -0.1) is 0 Å². The summed E-state index contributed by atoms with van der Waals surface area (Å²) in [6, 6.07) is 17.0. The van der Waals surface area contributed by atoms with Crippen LogP contribution < -0.4 is 0 Å². The van der Waals surface area contributed by atoms with Gasteiger partial charge in [0.15, 0.2) is 6.30 Å². The Labute approximate surface area is 183 Å². The molecular formula is C26H30FNO3. The molecule has 2 fully saturated rings. The van der Waals surface area contributed by atoms with Gasteiger partial charge < -0.3 is 9.47 Å². The minimum atomic E-state index is -1.16. The van der Waals surface area contributed by atoms with Crippen molar-refractivity contribution in [2.24, 2.45) is 5.92 Å². The second-order valence-corrected chi connectivity index (χ2v) is 8.95. The van der Waals surface area contributed by atoms with Gasteiger partial charge in [0.05, 0.1) is 18.6 Å². The molecule has 5 rings (SSSR count). The van der Waals surface area contributed by atoms with E-state index in [9.17, 15) is 4.79 Å². The van der Waals surface area contributed by atoms with Crippen LogP contribution in [-0.2, 0) is 20.7 Å². The lowest BCUT2D eigenvalue weighted by atomic mass is 9.87. The fourth-order valence-electron chi connectivity index (χ4n) is 5.58. The summed E-state index contributed by atoms with van der Waals surface area (Å²) in [5.41, 5.74) is 5.07. The fourth-order valence-corrected chi connectivity index (χ4v) is 5.58. The number of likely N-dealkylation sites (tertiary alicyclic amines) is 1. The molecule has 0 spiro atoms. The molecule has 3 aliphatic rings. The van der Waals surface area contributed by atoms with Gasteiger partial charge in [-0.2, -0.15) is 0 Å². The SMILES string of the molecule is CCOC(=O)C1CCN(C(F)C2CC3c4ccccc4Cc4ccccc4C3O2)CC1. The highest BCUT2D eigenvalue weighted by atomic mass is 19.1. The first-order chi connectivity index (χ1) is 15.2. The standard InChI is InChI=1S/C26H30FNO3/c1-2-30-26(29)17-11-13-28(14-12-17)25(27)23-16-22-20-9-5-3-7-18(20)15-19-8-4-6-10-21(19)24(22)31-23/h3-10,17,22-25H,2,11-16H2,1H3. The van der Waals surface area contributed by atoms with E-state index in [1.807, 2.05) is 11.8 Å². The van der Waals surface area contributed by atoms with E-state index in [2.05, 4.69) is 48.5 Å². The van der Waals surface area contributed by atoms with Crippen LogP contribution in [-0.4, -0.2) is 43.0 Å². The minimum absolute atomic E-state index is 0.111. The number of rotatable bonds is 4. The summed E-state index contributed by atoms with van der Waals surface area (Å²) in [4.78, 5) is 13.9. The van der Waals surface area contributed by atoms with Crippen LogP contribution in [0.4, 0.5) is 4.39 Å². The maximum Gasteiger partial charge on any atom is 0.309 e. The average molecular weight is 424 g/mol. The van der Waals surface area contributed by atoms with Crippen LogP contribution in [0.3, 0.4) is 0 Å². The molecule has 4 unspecified atom stereocenters. The zero-order valence-corrected chi connectivity index (χ0v) is 18.0. The first kappa shape index (κ1) is 20.7. The summed E-state index contributed by atoms with van der Waals surface area (Å²) in [6.07, 6.45) is 1.13. The Morgan fingerprint density at radius 2 is 1.74 bits per heavy atom.